The molecule has 6 aromatic rings. The van der Waals surface area contributed by atoms with Crippen molar-refractivity contribution < 1.29 is 4.42 Å². The highest BCUT2D eigenvalue weighted by Gasteiger charge is 2.30. The molecule has 0 bridgehead atoms. The maximum Gasteiger partial charge on any atom is 0.168 e. The van der Waals surface area contributed by atoms with Crippen molar-refractivity contribution in [1.29, 1.82) is 0 Å². The van der Waals surface area contributed by atoms with Crippen molar-refractivity contribution in [3.8, 4) is 5.69 Å². The van der Waals surface area contributed by atoms with Gasteiger partial charge in [0, 0.05) is 27.2 Å². The minimum absolute atomic E-state index is 0.479. The standard InChI is InChI=1S/C28H20BNO/c29-28-23(17-9-8-10-17)25-26-24(19-13-4-5-14-20(19)27(25)31-28)21-15-6-7-16-22(21)30(26)18-11-2-1-3-12-18/h1-7,11-17H,8-10H2. The molecule has 0 spiro atoms. The molecule has 2 nitrogen and oxygen atoms in total. The van der Waals surface area contributed by atoms with Crippen molar-refractivity contribution in [1.82, 2.24) is 4.57 Å². The number of benzene rings is 4. The Hall–Kier alpha value is -3.46. The average molecular weight is 397 g/mol. The third kappa shape index (κ3) is 2.24. The third-order valence-corrected chi connectivity index (χ3v) is 7.05. The number of rotatable bonds is 2. The summed E-state index contributed by atoms with van der Waals surface area (Å²) in [7, 11) is 6.55. The first kappa shape index (κ1) is 17.2. The van der Waals surface area contributed by atoms with Gasteiger partial charge >= 0.3 is 0 Å². The average Bonchev–Trinajstić information content (AvgIpc) is 3.29. The summed E-state index contributed by atoms with van der Waals surface area (Å²) in [5.41, 5.74) is 6.29. The molecule has 1 fully saturated rings. The van der Waals surface area contributed by atoms with Crippen molar-refractivity contribution in [3.63, 3.8) is 0 Å². The lowest BCUT2D eigenvalue weighted by Gasteiger charge is -2.26. The van der Waals surface area contributed by atoms with Crippen molar-refractivity contribution in [2.45, 2.75) is 25.2 Å². The van der Waals surface area contributed by atoms with Crippen molar-refractivity contribution in [2.24, 2.45) is 0 Å². The summed E-state index contributed by atoms with van der Waals surface area (Å²) < 4.78 is 8.73. The van der Waals surface area contributed by atoms with E-state index in [0.29, 0.717) is 11.6 Å². The van der Waals surface area contributed by atoms with E-state index in [9.17, 15) is 0 Å². The molecule has 4 aromatic carbocycles. The summed E-state index contributed by atoms with van der Waals surface area (Å²) in [4.78, 5) is 0. The van der Waals surface area contributed by atoms with Crippen molar-refractivity contribution in [2.75, 3.05) is 0 Å². The third-order valence-electron chi connectivity index (χ3n) is 7.05. The van der Waals surface area contributed by atoms with E-state index in [1.165, 1.54) is 57.4 Å². The molecule has 2 heterocycles. The van der Waals surface area contributed by atoms with Crippen LogP contribution in [0.25, 0.3) is 49.2 Å². The number of para-hydroxylation sites is 2. The predicted octanol–water partition coefficient (Wildman–Crippen LogP) is 6.74. The lowest BCUT2D eigenvalue weighted by atomic mass is 9.76. The van der Waals surface area contributed by atoms with E-state index in [1.54, 1.807) is 0 Å². The minimum atomic E-state index is 0.479. The quantitative estimate of drug-likeness (QED) is 0.296. The Morgan fingerprint density at radius 1 is 0.742 bits per heavy atom. The first-order chi connectivity index (χ1) is 15.3. The zero-order valence-corrected chi connectivity index (χ0v) is 17.1. The Morgan fingerprint density at radius 2 is 1.42 bits per heavy atom. The Labute approximate surface area is 181 Å². The molecule has 7 rings (SSSR count). The first-order valence-electron chi connectivity index (χ1n) is 11.0. The van der Waals surface area contributed by atoms with Gasteiger partial charge in [0.05, 0.1) is 16.7 Å². The van der Waals surface area contributed by atoms with Crippen LogP contribution in [0.5, 0.6) is 0 Å². The van der Waals surface area contributed by atoms with Gasteiger partial charge in [0.25, 0.3) is 0 Å². The van der Waals surface area contributed by atoms with Crippen LogP contribution in [0.2, 0.25) is 0 Å². The van der Waals surface area contributed by atoms with Gasteiger partial charge < -0.3 is 8.98 Å². The molecular formula is C28H20BNO. The fourth-order valence-electron chi connectivity index (χ4n) is 5.48. The maximum absolute atomic E-state index is 6.55. The fourth-order valence-corrected chi connectivity index (χ4v) is 5.48. The number of nitrogens with zero attached hydrogens (tertiary/aromatic N) is 1. The summed E-state index contributed by atoms with van der Waals surface area (Å²) in [6.07, 6.45) is 3.62. The molecule has 0 atom stereocenters. The van der Waals surface area contributed by atoms with Crippen LogP contribution in [0.1, 0.15) is 30.7 Å². The number of hydrogen-bond donors (Lipinski definition) is 0. The molecule has 1 saturated carbocycles. The van der Waals surface area contributed by atoms with E-state index in [1.807, 2.05) is 0 Å². The van der Waals surface area contributed by atoms with Crippen molar-refractivity contribution >= 4 is 57.1 Å². The lowest BCUT2D eigenvalue weighted by Crippen LogP contribution is -2.17. The number of hydrogen-bond acceptors (Lipinski definition) is 1. The molecule has 0 N–H and O–H groups in total. The van der Waals surface area contributed by atoms with E-state index < -0.39 is 0 Å². The lowest BCUT2D eigenvalue weighted by molar-refractivity contribution is 0.421. The van der Waals surface area contributed by atoms with Gasteiger partial charge in [-0.1, -0.05) is 67.1 Å². The molecule has 31 heavy (non-hydrogen) atoms. The molecule has 1 aliphatic rings. The highest BCUT2D eigenvalue weighted by Crippen LogP contribution is 2.47. The van der Waals surface area contributed by atoms with E-state index in [2.05, 4.69) is 83.4 Å². The minimum Gasteiger partial charge on any atom is -0.472 e. The monoisotopic (exact) mass is 397 g/mol. The summed E-state index contributed by atoms with van der Waals surface area (Å²) in [5, 5.41) is 6.08. The number of fused-ring (bicyclic) bond motifs is 8. The molecular weight excluding hydrogens is 377 g/mol. The summed E-state index contributed by atoms with van der Waals surface area (Å²) in [5.74, 6) is 0.479. The van der Waals surface area contributed by atoms with Crippen LogP contribution >= 0.6 is 0 Å². The van der Waals surface area contributed by atoms with Gasteiger partial charge in [-0.3, -0.25) is 0 Å². The number of furan rings is 1. The summed E-state index contributed by atoms with van der Waals surface area (Å²) in [6.45, 7) is 0. The Bertz CT molecular complexity index is 1620. The van der Waals surface area contributed by atoms with Crippen LogP contribution < -0.4 is 5.66 Å². The van der Waals surface area contributed by atoms with Crippen LogP contribution in [-0.4, -0.2) is 12.4 Å². The highest BCUT2D eigenvalue weighted by atomic mass is 16.3. The van der Waals surface area contributed by atoms with Crippen LogP contribution in [0.4, 0.5) is 0 Å². The molecule has 0 aliphatic heterocycles. The Kier molecular flexibility index (Phi) is 3.49. The Morgan fingerprint density at radius 3 is 2.16 bits per heavy atom. The first-order valence-corrected chi connectivity index (χ1v) is 11.0. The molecule has 2 radical (unpaired) electrons. The SMILES string of the molecule is [B]c1oc2c3ccccc3c3c4ccccc4n(-c4ccccc4)c3c2c1C1CCC1. The number of aromatic nitrogens is 1. The normalized spacial score (nSPS) is 14.7. The van der Waals surface area contributed by atoms with Gasteiger partial charge in [0.2, 0.25) is 0 Å². The molecule has 146 valence electrons. The second-order valence-electron chi connectivity index (χ2n) is 8.67. The van der Waals surface area contributed by atoms with Crippen LogP contribution in [0.3, 0.4) is 0 Å². The Balaban J connectivity index is 1.83. The predicted molar refractivity (Wildman–Crippen MR) is 130 cm³/mol. The molecule has 0 amide bonds. The van der Waals surface area contributed by atoms with E-state index in [4.69, 9.17) is 12.3 Å². The summed E-state index contributed by atoms with van der Waals surface area (Å²) in [6, 6.07) is 27.9. The second-order valence-corrected chi connectivity index (χ2v) is 8.67. The van der Waals surface area contributed by atoms with Crippen LogP contribution in [0.15, 0.2) is 83.3 Å². The zero-order valence-electron chi connectivity index (χ0n) is 17.1. The maximum atomic E-state index is 6.55. The molecule has 1 aliphatic carbocycles. The van der Waals surface area contributed by atoms with Gasteiger partial charge in [-0.15, -0.1) is 0 Å². The molecule has 3 heteroatoms. The molecule has 2 aromatic heterocycles. The fraction of sp³-hybridized carbons (Fsp3) is 0.143. The summed E-state index contributed by atoms with van der Waals surface area (Å²) >= 11 is 0. The second kappa shape index (κ2) is 6.27. The van der Waals surface area contributed by atoms with E-state index in [-0.39, 0.29) is 0 Å². The zero-order chi connectivity index (χ0) is 20.5. The van der Waals surface area contributed by atoms with Crippen LogP contribution in [-0.2, 0) is 0 Å². The van der Waals surface area contributed by atoms with Crippen molar-refractivity contribution in [3.05, 3.63) is 84.4 Å². The van der Waals surface area contributed by atoms with Crippen LogP contribution in [0, 0.1) is 0 Å². The molecule has 0 unspecified atom stereocenters. The molecule has 0 saturated heterocycles. The van der Waals surface area contributed by atoms with Gasteiger partial charge in [-0.05, 0) is 47.9 Å². The smallest absolute Gasteiger partial charge is 0.168 e. The highest BCUT2D eigenvalue weighted by molar-refractivity contribution is 6.37. The van der Waals surface area contributed by atoms with Gasteiger partial charge in [0.15, 0.2) is 7.85 Å². The van der Waals surface area contributed by atoms with Gasteiger partial charge in [0.1, 0.15) is 5.58 Å². The van der Waals surface area contributed by atoms with E-state index in [0.717, 1.165) is 16.7 Å². The van der Waals surface area contributed by atoms with E-state index >= 15 is 0 Å². The largest absolute Gasteiger partial charge is 0.472 e. The topological polar surface area (TPSA) is 18.1 Å². The van der Waals surface area contributed by atoms with Gasteiger partial charge in [-0.2, -0.15) is 0 Å². The van der Waals surface area contributed by atoms with Gasteiger partial charge in [-0.25, -0.2) is 0 Å².